The van der Waals surface area contributed by atoms with Gasteiger partial charge in [0.25, 0.3) is 0 Å². The van der Waals surface area contributed by atoms with Crippen LogP contribution in [0.2, 0.25) is 0 Å². The summed E-state index contributed by atoms with van der Waals surface area (Å²) in [6.45, 7) is 1.24. The maximum Gasteiger partial charge on any atom is 0.234 e. The highest BCUT2D eigenvalue weighted by molar-refractivity contribution is 6.09. The van der Waals surface area contributed by atoms with Gasteiger partial charge in [0.1, 0.15) is 5.41 Å². The fourth-order valence-corrected chi connectivity index (χ4v) is 1.79. The van der Waals surface area contributed by atoms with Crippen molar-refractivity contribution in [2.45, 2.75) is 25.3 Å². The van der Waals surface area contributed by atoms with Gasteiger partial charge in [-0.1, -0.05) is 5.16 Å². The Morgan fingerprint density at radius 1 is 1.60 bits per heavy atom. The van der Waals surface area contributed by atoms with Crippen LogP contribution >= 0.6 is 0 Å². The molecular formula is C9H15N3O3. The average Bonchev–Trinajstić information content (AvgIpc) is 2.91. The number of hydrogen-bond donors (Lipinski definition) is 3. The number of hydrogen-bond acceptors (Lipinski definition) is 4. The Balaban J connectivity index is 1.95. The molecule has 2 aliphatic rings. The first-order valence-electron chi connectivity index (χ1n) is 5.06. The summed E-state index contributed by atoms with van der Waals surface area (Å²) in [5.41, 5.74) is 4.74. The number of rotatable bonds is 3. The van der Waals surface area contributed by atoms with Crippen molar-refractivity contribution in [1.29, 1.82) is 0 Å². The van der Waals surface area contributed by atoms with E-state index in [0.29, 0.717) is 26.1 Å². The zero-order valence-electron chi connectivity index (χ0n) is 8.40. The molecule has 4 N–H and O–H groups in total. The number of amides is 1. The van der Waals surface area contributed by atoms with Crippen LogP contribution in [0.15, 0.2) is 5.16 Å². The smallest absolute Gasteiger partial charge is 0.234 e. The van der Waals surface area contributed by atoms with Crippen molar-refractivity contribution >= 4 is 11.7 Å². The number of nitrogens with one attached hydrogen (secondary N) is 1. The molecule has 1 aliphatic heterocycles. The molecule has 1 aliphatic carbocycles. The number of nitrogens with two attached hydrogens (primary N) is 1. The van der Waals surface area contributed by atoms with Crippen LogP contribution in [0.3, 0.4) is 0 Å². The van der Waals surface area contributed by atoms with Gasteiger partial charge in [0, 0.05) is 6.61 Å². The third-order valence-corrected chi connectivity index (χ3v) is 3.05. The molecule has 1 unspecified atom stereocenters. The van der Waals surface area contributed by atoms with Crippen LogP contribution in [-0.4, -0.2) is 36.2 Å². The Kier molecular flexibility index (Phi) is 2.52. The fourth-order valence-electron chi connectivity index (χ4n) is 1.79. The highest BCUT2D eigenvalue weighted by atomic mass is 16.5. The van der Waals surface area contributed by atoms with Gasteiger partial charge in [0.15, 0.2) is 5.84 Å². The Hall–Kier alpha value is -1.30. The lowest BCUT2D eigenvalue weighted by Gasteiger charge is -2.16. The highest BCUT2D eigenvalue weighted by Gasteiger charge is 2.54. The van der Waals surface area contributed by atoms with Crippen molar-refractivity contribution in [3.63, 3.8) is 0 Å². The fraction of sp³-hybridized carbons (Fsp3) is 0.778. The monoisotopic (exact) mass is 213 g/mol. The minimum atomic E-state index is -0.753. The molecule has 1 amide bonds. The van der Waals surface area contributed by atoms with E-state index in [2.05, 4.69) is 10.5 Å². The Morgan fingerprint density at radius 3 is 2.80 bits per heavy atom. The molecule has 0 spiro atoms. The van der Waals surface area contributed by atoms with Crippen molar-refractivity contribution in [2.75, 3.05) is 13.2 Å². The topological polar surface area (TPSA) is 96.9 Å². The Morgan fingerprint density at radius 2 is 2.33 bits per heavy atom. The molecule has 0 aromatic carbocycles. The first-order valence-corrected chi connectivity index (χ1v) is 5.06. The van der Waals surface area contributed by atoms with Crippen molar-refractivity contribution in [2.24, 2.45) is 16.3 Å². The van der Waals surface area contributed by atoms with Gasteiger partial charge in [0.2, 0.25) is 5.91 Å². The van der Waals surface area contributed by atoms with Crippen LogP contribution in [0.5, 0.6) is 0 Å². The minimum absolute atomic E-state index is 0.0129. The summed E-state index contributed by atoms with van der Waals surface area (Å²) in [5, 5.41) is 14.4. The van der Waals surface area contributed by atoms with E-state index in [-0.39, 0.29) is 17.8 Å². The molecular weight excluding hydrogens is 198 g/mol. The lowest BCUT2D eigenvalue weighted by molar-refractivity contribution is -0.124. The number of carbonyl (C=O) groups is 1. The van der Waals surface area contributed by atoms with Crippen LogP contribution in [-0.2, 0) is 9.53 Å². The molecule has 1 saturated carbocycles. The lowest BCUT2D eigenvalue weighted by atomic mass is 10.0. The summed E-state index contributed by atoms with van der Waals surface area (Å²) in [6.07, 6.45) is 2.14. The maximum absolute atomic E-state index is 11.8. The normalized spacial score (nSPS) is 28.8. The van der Waals surface area contributed by atoms with Crippen LogP contribution in [0, 0.1) is 5.41 Å². The van der Waals surface area contributed by atoms with E-state index in [0.717, 1.165) is 6.42 Å². The van der Waals surface area contributed by atoms with Crippen molar-refractivity contribution in [1.82, 2.24) is 5.32 Å². The van der Waals surface area contributed by atoms with Crippen LogP contribution in [0.4, 0.5) is 0 Å². The van der Waals surface area contributed by atoms with Gasteiger partial charge < -0.3 is 21.0 Å². The molecule has 2 fully saturated rings. The van der Waals surface area contributed by atoms with E-state index in [9.17, 15) is 4.79 Å². The van der Waals surface area contributed by atoms with E-state index in [1.54, 1.807) is 0 Å². The quantitative estimate of drug-likeness (QED) is 0.253. The summed E-state index contributed by atoms with van der Waals surface area (Å²) in [4.78, 5) is 11.8. The molecule has 0 aromatic rings. The zero-order valence-corrected chi connectivity index (χ0v) is 8.40. The standard InChI is InChI=1S/C9H15N3O3/c10-7(12-14)9(2-3-9)8(13)11-6-1-4-15-5-6/h6,14H,1-5H2,(H2,10,12)(H,11,13). The summed E-state index contributed by atoms with van der Waals surface area (Å²) >= 11 is 0. The number of carbonyl (C=O) groups excluding carboxylic acids is 1. The minimum Gasteiger partial charge on any atom is -0.409 e. The molecule has 0 bridgehead atoms. The van der Waals surface area contributed by atoms with Gasteiger partial charge in [-0.05, 0) is 19.3 Å². The highest BCUT2D eigenvalue weighted by Crippen LogP contribution is 2.46. The first-order chi connectivity index (χ1) is 7.19. The van der Waals surface area contributed by atoms with Crippen LogP contribution < -0.4 is 11.1 Å². The van der Waals surface area contributed by atoms with Gasteiger partial charge in [0.05, 0.1) is 12.6 Å². The molecule has 1 heterocycles. The summed E-state index contributed by atoms with van der Waals surface area (Å²) in [7, 11) is 0. The van der Waals surface area contributed by atoms with Crippen molar-refractivity contribution in [3.05, 3.63) is 0 Å². The Labute approximate surface area is 87.5 Å². The molecule has 6 heteroatoms. The van der Waals surface area contributed by atoms with Gasteiger partial charge >= 0.3 is 0 Å². The maximum atomic E-state index is 11.8. The third kappa shape index (κ3) is 1.77. The van der Waals surface area contributed by atoms with Crippen molar-refractivity contribution in [3.8, 4) is 0 Å². The second kappa shape index (κ2) is 3.69. The zero-order chi connectivity index (χ0) is 10.9. The van der Waals surface area contributed by atoms with E-state index >= 15 is 0 Å². The molecule has 1 atom stereocenters. The molecule has 15 heavy (non-hydrogen) atoms. The lowest BCUT2D eigenvalue weighted by Crippen LogP contribution is -2.45. The van der Waals surface area contributed by atoms with Crippen LogP contribution in [0.25, 0.3) is 0 Å². The third-order valence-electron chi connectivity index (χ3n) is 3.05. The number of oxime groups is 1. The molecule has 84 valence electrons. The van der Waals surface area contributed by atoms with E-state index in [1.165, 1.54) is 0 Å². The second-order valence-electron chi connectivity index (χ2n) is 4.10. The summed E-state index contributed by atoms with van der Waals surface area (Å²) in [5.74, 6) is -0.132. The number of ether oxygens (including phenoxy) is 1. The van der Waals surface area contributed by atoms with E-state index < -0.39 is 5.41 Å². The van der Waals surface area contributed by atoms with Crippen molar-refractivity contribution < 1.29 is 14.7 Å². The average molecular weight is 213 g/mol. The van der Waals surface area contributed by atoms with Crippen LogP contribution in [0.1, 0.15) is 19.3 Å². The summed E-state index contributed by atoms with van der Waals surface area (Å²) in [6, 6.07) is 0.0708. The first kappa shape index (κ1) is 10.2. The van der Waals surface area contributed by atoms with E-state index in [1.807, 2.05) is 0 Å². The van der Waals surface area contributed by atoms with Gasteiger partial charge in [-0.25, -0.2) is 0 Å². The largest absolute Gasteiger partial charge is 0.409 e. The summed E-state index contributed by atoms with van der Waals surface area (Å²) < 4.78 is 5.15. The second-order valence-corrected chi connectivity index (χ2v) is 4.10. The molecule has 0 aromatic heterocycles. The SMILES string of the molecule is NC(=NO)C1(C(=O)NC2CCOC2)CC1. The van der Waals surface area contributed by atoms with Gasteiger partial charge in [-0.15, -0.1) is 0 Å². The number of amidine groups is 1. The number of nitrogens with zero attached hydrogens (tertiary/aromatic N) is 1. The van der Waals surface area contributed by atoms with E-state index in [4.69, 9.17) is 15.7 Å². The Bertz CT molecular complexity index is 293. The molecule has 1 saturated heterocycles. The molecule has 6 nitrogen and oxygen atoms in total. The molecule has 2 rings (SSSR count). The van der Waals surface area contributed by atoms with Gasteiger partial charge in [-0.2, -0.15) is 0 Å². The predicted octanol–water partition coefficient (Wildman–Crippen LogP) is -0.582. The van der Waals surface area contributed by atoms with Gasteiger partial charge in [-0.3, -0.25) is 4.79 Å². The predicted molar refractivity (Wildman–Crippen MR) is 52.4 cm³/mol. The molecule has 0 radical (unpaired) electrons.